The standard InChI is InChI=1S/C8H10N2O4/c1-10(4-7(11)12)8(13)5-2-3-6(9)14-5/h2-3H,4,9H2,1H3,(H,11,12). The zero-order chi connectivity index (χ0) is 10.7. The van der Waals surface area contributed by atoms with Crippen LogP contribution in [0.4, 0.5) is 5.88 Å². The summed E-state index contributed by atoms with van der Waals surface area (Å²) in [6.07, 6.45) is 0. The fourth-order valence-corrected chi connectivity index (χ4v) is 0.931. The van der Waals surface area contributed by atoms with Gasteiger partial charge in [0, 0.05) is 13.1 Å². The first-order valence-electron chi connectivity index (χ1n) is 3.83. The van der Waals surface area contributed by atoms with Crippen LogP contribution >= 0.6 is 0 Å². The minimum atomic E-state index is -1.08. The van der Waals surface area contributed by atoms with Crippen LogP contribution in [0.1, 0.15) is 10.6 Å². The average molecular weight is 198 g/mol. The van der Waals surface area contributed by atoms with Gasteiger partial charge in [0.15, 0.2) is 11.6 Å². The summed E-state index contributed by atoms with van der Waals surface area (Å²) in [6, 6.07) is 2.83. The summed E-state index contributed by atoms with van der Waals surface area (Å²) in [5.74, 6) is -1.44. The van der Waals surface area contributed by atoms with E-state index in [4.69, 9.17) is 15.3 Å². The number of carbonyl (C=O) groups is 2. The Kier molecular flexibility index (Phi) is 2.76. The lowest BCUT2D eigenvalue weighted by Crippen LogP contribution is -2.31. The van der Waals surface area contributed by atoms with Crippen molar-refractivity contribution in [2.45, 2.75) is 0 Å². The van der Waals surface area contributed by atoms with E-state index in [-0.39, 0.29) is 18.2 Å². The average Bonchev–Trinajstić information content (AvgIpc) is 2.49. The van der Waals surface area contributed by atoms with Gasteiger partial charge < -0.3 is 20.2 Å². The first-order chi connectivity index (χ1) is 6.50. The molecule has 0 unspecified atom stereocenters. The van der Waals surface area contributed by atoms with Crippen molar-refractivity contribution in [3.8, 4) is 0 Å². The maximum Gasteiger partial charge on any atom is 0.323 e. The Bertz CT molecular complexity index is 358. The number of carboxylic acids is 1. The monoisotopic (exact) mass is 198 g/mol. The Morgan fingerprint density at radius 3 is 2.64 bits per heavy atom. The Morgan fingerprint density at radius 1 is 1.57 bits per heavy atom. The van der Waals surface area contributed by atoms with Crippen molar-refractivity contribution in [1.29, 1.82) is 0 Å². The van der Waals surface area contributed by atoms with Gasteiger partial charge >= 0.3 is 5.97 Å². The quantitative estimate of drug-likeness (QED) is 0.713. The van der Waals surface area contributed by atoms with Crippen LogP contribution < -0.4 is 5.73 Å². The molecular formula is C8H10N2O4. The van der Waals surface area contributed by atoms with Crippen molar-refractivity contribution < 1.29 is 19.1 Å². The third-order valence-corrected chi connectivity index (χ3v) is 1.56. The lowest BCUT2D eigenvalue weighted by atomic mass is 10.4. The molecule has 6 nitrogen and oxygen atoms in total. The first kappa shape index (κ1) is 10.1. The summed E-state index contributed by atoms with van der Waals surface area (Å²) in [7, 11) is 1.37. The maximum absolute atomic E-state index is 11.4. The summed E-state index contributed by atoms with van der Waals surface area (Å²) < 4.78 is 4.84. The maximum atomic E-state index is 11.4. The van der Waals surface area contributed by atoms with Crippen LogP contribution in [-0.2, 0) is 4.79 Å². The van der Waals surface area contributed by atoms with Gasteiger partial charge in [0.05, 0.1) is 0 Å². The van der Waals surface area contributed by atoms with Crippen molar-refractivity contribution in [3.63, 3.8) is 0 Å². The molecule has 14 heavy (non-hydrogen) atoms. The topological polar surface area (TPSA) is 96.8 Å². The lowest BCUT2D eigenvalue weighted by Gasteiger charge is -2.11. The van der Waals surface area contributed by atoms with Crippen molar-refractivity contribution in [1.82, 2.24) is 4.90 Å². The highest BCUT2D eigenvalue weighted by atomic mass is 16.4. The summed E-state index contributed by atoms with van der Waals surface area (Å²) in [5.41, 5.74) is 5.26. The van der Waals surface area contributed by atoms with E-state index in [0.717, 1.165) is 4.90 Å². The second-order valence-corrected chi connectivity index (χ2v) is 2.76. The molecule has 3 N–H and O–H groups in total. The molecule has 1 heterocycles. The van der Waals surface area contributed by atoms with Crippen molar-refractivity contribution in [3.05, 3.63) is 17.9 Å². The molecule has 0 aliphatic heterocycles. The molecular weight excluding hydrogens is 188 g/mol. The van der Waals surface area contributed by atoms with Crippen molar-refractivity contribution in [2.75, 3.05) is 19.3 Å². The number of aliphatic carboxylic acids is 1. The number of carbonyl (C=O) groups excluding carboxylic acids is 1. The summed E-state index contributed by atoms with van der Waals surface area (Å²) in [6.45, 7) is -0.376. The number of nitrogen functional groups attached to an aromatic ring is 1. The minimum Gasteiger partial charge on any atom is -0.480 e. The van der Waals surface area contributed by atoms with Gasteiger partial charge in [-0.3, -0.25) is 9.59 Å². The molecule has 0 spiro atoms. The number of likely N-dealkylation sites (N-methyl/N-ethyl adjacent to an activating group) is 1. The fraction of sp³-hybridized carbons (Fsp3) is 0.250. The molecule has 0 saturated carbocycles. The van der Waals surface area contributed by atoms with Crippen LogP contribution in [0.25, 0.3) is 0 Å². The first-order valence-corrected chi connectivity index (χ1v) is 3.83. The van der Waals surface area contributed by atoms with E-state index in [2.05, 4.69) is 0 Å². The van der Waals surface area contributed by atoms with E-state index < -0.39 is 11.9 Å². The number of rotatable bonds is 3. The highest BCUT2D eigenvalue weighted by Gasteiger charge is 2.17. The smallest absolute Gasteiger partial charge is 0.323 e. The second-order valence-electron chi connectivity index (χ2n) is 2.76. The summed E-state index contributed by atoms with van der Waals surface area (Å²) >= 11 is 0. The minimum absolute atomic E-state index is 0.0336. The Labute approximate surface area is 79.9 Å². The molecule has 1 rings (SSSR count). The molecule has 0 aliphatic carbocycles. The van der Waals surface area contributed by atoms with Gasteiger partial charge in [-0.2, -0.15) is 0 Å². The zero-order valence-electron chi connectivity index (χ0n) is 7.56. The summed E-state index contributed by atoms with van der Waals surface area (Å²) in [5, 5.41) is 8.44. The van der Waals surface area contributed by atoms with E-state index in [9.17, 15) is 9.59 Å². The normalized spacial score (nSPS) is 9.79. The third kappa shape index (κ3) is 2.25. The number of nitrogens with zero attached hydrogens (tertiary/aromatic N) is 1. The van der Waals surface area contributed by atoms with Crippen LogP contribution in [0.3, 0.4) is 0 Å². The largest absolute Gasteiger partial charge is 0.480 e. The molecule has 6 heteroatoms. The predicted molar refractivity (Wildman–Crippen MR) is 47.7 cm³/mol. The molecule has 0 atom stereocenters. The number of amides is 1. The Hall–Kier alpha value is -1.98. The van der Waals surface area contributed by atoms with Gasteiger partial charge in [-0.15, -0.1) is 0 Å². The number of carboxylic acid groups (broad SMARTS) is 1. The SMILES string of the molecule is CN(CC(=O)O)C(=O)c1ccc(N)o1. The van der Waals surface area contributed by atoms with Crippen molar-refractivity contribution >= 4 is 17.8 Å². The third-order valence-electron chi connectivity index (χ3n) is 1.56. The zero-order valence-corrected chi connectivity index (χ0v) is 7.56. The van der Waals surface area contributed by atoms with E-state index in [0.29, 0.717) is 0 Å². The molecule has 1 amide bonds. The van der Waals surface area contributed by atoms with Gasteiger partial charge in [0.2, 0.25) is 0 Å². The van der Waals surface area contributed by atoms with Gasteiger partial charge in [-0.25, -0.2) is 0 Å². The van der Waals surface area contributed by atoms with Crippen LogP contribution in [0.2, 0.25) is 0 Å². The number of hydrogen-bond acceptors (Lipinski definition) is 4. The fourth-order valence-electron chi connectivity index (χ4n) is 0.931. The molecule has 76 valence electrons. The molecule has 0 saturated heterocycles. The molecule has 0 aromatic carbocycles. The van der Waals surface area contributed by atoms with Gasteiger partial charge in [0.1, 0.15) is 6.54 Å². The molecule has 0 bridgehead atoms. The van der Waals surface area contributed by atoms with Crippen LogP contribution in [0.15, 0.2) is 16.5 Å². The van der Waals surface area contributed by atoms with Crippen molar-refractivity contribution in [2.24, 2.45) is 0 Å². The molecule has 0 aliphatic rings. The number of furan rings is 1. The van der Waals surface area contributed by atoms with E-state index >= 15 is 0 Å². The van der Waals surface area contributed by atoms with E-state index in [1.807, 2.05) is 0 Å². The highest BCUT2D eigenvalue weighted by Crippen LogP contribution is 2.10. The Morgan fingerprint density at radius 2 is 2.21 bits per heavy atom. The number of nitrogens with two attached hydrogens (primary N) is 1. The van der Waals surface area contributed by atoms with Crippen LogP contribution in [0.5, 0.6) is 0 Å². The number of hydrogen-bond donors (Lipinski definition) is 2. The Balaban J connectivity index is 2.70. The van der Waals surface area contributed by atoms with E-state index in [1.54, 1.807) is 0 Å². The highest BCUT2D eigenvalue weighted by molar-refractivity contribution is 5.93. The van der Waals surface area contributed by atoms with Gasteiger partial charge in [-0.1, -0.05) is 0 Å². The van der Waals surface area contributed by atoms with Crippen LogP contribution in [-0.4, -0.2) is 35.5 Å². The number of anilines is 1. The molecule has 0 radical (unpaired) electrons. The molecule has 0 fully saturated rings. The van der Waals surface area contributed by atoms with Gasteiger partial charge in [0.25, 0.3) is 5.91 Å². The predicted octanol–water partition coefficient (Wildman–Crippen LogP) is 0.0184. The molecule has 1 aromatic rings. The second kappa shape index (κ2) is 3.82. The van der Waals surface area contributed by atoms with Gasteiger partial charge in [-0.05, 0) is 6.07 Å². The van der Waals surface area contributed by atoms with E-state index in [1.165, 1.54) is 19.2 Å². The lowest BCUT2D eigenvalue weighted by molar-refractivity contribution is -0.137. The molecule has 1 aromatic heterocycles. The summed E-state index contributed by atoms with van der Waals surface area (Å²) in [4.78, 5) is 22.7. The van der Waals surface area contributed by atoms with Crippen LogP contribution in [0, 0.1) is 0 Å².